The van der Waals surface area contributed by atoms with Crippen LogP contribution in [-0.4, -0.2) is 42.9 Å². The molecular weight excluding hydrogens is 260 g/mol. The van der Waals surface area contributed by atoms with Crippen LogP contribution in [0.25, 0.3) is 0 Å². The average molecular weight is 288 g/mol. The lowest BCUT2D eigenvalue weighted by Crippen LogP contribution is -2.52. The van der Waals surface area contributed by atoms with E-state index < -0.39 is 23.5 Å². The van der Waals surface area contributed by atoms with Crippen molar-refractivity contribution in [2.45, 2.75) is 53.0 Å². The van der Waals surface area contributed by atoms with Gasteiger partial charge in [0.1, 0.15) is 6.04 Å². The molecule has 0 aromatic carbocycles. The molecule has 0 saturated carbocycles. The molecule has 3 N–H and O–H groups in total. The number of unbranched alkanes of at least 4 members (excludes halogenated alkanes) is 1. The molecule has 6 heteroatoms. The van der Waals surface area contributed by atoms with Crippen molar-refractivity contribution in [1.29, 1.82) is 0 Å². The Morgan fingerprint density at radius 2 is 1.80 bits per heavy atom. The molecule has 0 aromatic rings. The number of carboxylic acids is 1. The van der Waals surface area contributed by atoms with Crippen molar-refractivity contribution in [3.05, 3.63) is 0 Å². The van der Waals surface area contributed by atoms with Crippen molar-refractivity contribution in [3.8, 4) is 0 Å². The fraction of sp³-hybridized carbons (Fsp3) is 0.857. The van der Waals surface area contributed by atoms with E-state index >= 15 is 0 Å². The van der Waals surface area contributed by atoms with Crippen molar-refractivity contribution in [2.75, 3.05) is 19.8 Å². The summed E-state index contributed by atoms with van der Waals surface area (Å²) in [5, 5.41) is 14.2. The first-order chi connectivity index (χ1) is 9.29. The highest BCUT2D eigenvalue weighted by molar-refractivity contribution is 5.83. The summed E-state index contributed by atoms with van der Waals surface area (Å²) < 4.78 is 5.36. The molecule has 0 radical (unpaired) electrons. The Labute approximate surface area is 121 Å². The van der Waals surface area contributed by atoms with Gasteiger partial charge in [-0.15, -0.1) is 0 Å². The fourth-order valence-corrected chi connectivity index (χ4v) is 1.56. The summed E-state index contributed by atoms with van der Waals surface area (Å²) in [7, 11) is 0. The molecule has 0 fully saturated rings. The van der Waals surface area contributed by atoms with Gasteiger partial charge in [-0.3, -0.25) is 0 Å². The first kappa shape index (κ1) is 18.7. The van der Waals surface area contributed by atoms with Gasteiger partial charge in [0, 0.05) is 19.8 Å². The SMILES string of the molecule is CCCCOCCCNC(=O)NC(C(=O)O)C(C)(C)C. The third-order valence-corrected chi connectivity index (χ3v) is 2.78. The van der Waals surface area contributed by atoms with E-state index in [0.717, 1.165) is 19.4 Å². The van der Waals surface area contributed by atoms with Gasteiger partial charge in [0.2, 0.25) is 0 Å². The van der Waals surface area contributed by atoms with Crippen molar-refractivity contribution >= 4 is 12.0 Å². The number of hydrogen-bond acceptors (Lipinski definition) is 3. The standard InChI is InChI=1S/C14H28N2O4/c1-5-6-9-20-10-7-8-15-13(19)16-11(12(17)18)14(2,3)4/h11H,5-10H2,1-4H3,(H,17,18)(H2,15,16,19). The van der Waals surface area contributed by atoms with Gasteiger partial charge >= 0.3 is 12.0 Å². The van der Waals surface area contributed by atoms with Crippen LogP contribution in [0, 0.1) is 5.41 Å². The second-order valence-corrected chi connectivity index (χ2v) is 5.86. The average Bonchev–Trinajstić information content (AvgIpc) is 2.33. The first-order valence-electron chi connectivity index (χ1n) is 7.14. The highest BCUT2D eigenvalue weighted by Gasteiger charge is 2.32. The molecule has 1 unspecified atom stereocenters. The maximum absolute atomic E-state index is 11.6. The summed E-state index contributed by atoms with van der Waals surface area (Å²) in [6.45, 7) is 9.22. The molecule has 0 aromatic heterocycles. The lowest BCUT2D eigenvalue weighted by atomic mass is 9.87. The zero-order valence-electron chi connectivity index (χ0n) is 13.0. The summed E-state index contributed by atoms with van der Waals surface area (Å²) in [5.41, 5.74) is -0.535. The lowest BCUT2D eigenvalue weighted by Gasteiger charge is -2.27. The summed E-state index contributed by atoms with van der Waals surface area (Å²) in [6.07, 6.45) is 2.86. The van der Waals surface area contributed by atoms with Crippen LogP contribution in [-0.2, 0) is 9.53 Å². The third-order valence-electron chi connectivity index (χ3n) is 2.78. The molecule has 0 aliphatic rings. The molecule has 20 heavy (non-hydrogen) atoms. The Balaban J connectivity index is 3.84. The number of carbonyl (C=O) groups is 2. The van der Waals surface area contributed by atoms with Crippen LogP contribution < -0.4 is 10.6 Å². The highest BCUT2D eigenvalue weighted by Crippen LogP contribution is 2.19. The van der Waals surface area contributed by atoms with E-state index in [2.05, 4.69) is 17.6 Å². The largest absolute Gasteiger partial charge is 0.480 e. The van der Waals surface area contributed by atoms with Gasteiger partial charge in [0.25, 0.3) is 0 Å². The monoisotopic (exact) mass is 288 g/mol. The summed E-state index contributed by atoms with van der Waals surface area (Å²) >= 11 is 0. The number of amides is 2. The number of ether oxygens (including phenoxy) is 1. The number of nitrogens with one attached hydrogen (secondary N) is 2. The van der Waals surface area contributed by atoms with Gasteiger partial charge in [-0.1, -0.05) is 34.1 Å². The van der Waals surface area contributed by atoms with E-state index in [4.69, 9.17) is 9.84 Å². The lowest BCUT2D eigenvalue weighted by molar-refractivity contribution is -0.141. The molecule has 0 saturated heterocycles. The fourth-order valence-electron chi connectivity index (χ4n) is 1.56. The van der Waals surface area contributed by atoms with E-state index in [9.17, 15) is 9.59 Å². The molecule has 0 rings (SSSR count). The summed E-state index contributed by atoms with van der Waals surface area (Å²) in [5.74, 6) is -1.03. The van der Waals surface area contributed by atoms with Crippen LogP contribution in [0.4, 0.5) is 4.79 Å². The van der Waals surface area contributed by atoms with E-state index in [1.54, 1.807) is 20.8 Å². The molecule has 2 amide bonds. The molecule has 118 valence electrons. The Morgan fingerprint density at radius 1 is 1.20 bits per heavy atom. The Kier molecular flexibility index (Phi) is 8.96. The van der Waals surface area contributed by atoms with Crippen LogP contribution in [0.5, 0.6) is 0 Å². The van der Waals surface area contributed by atoms with Crippen molar-refractivity contribution in [1.82, 2.24) is 10.6 Å². The molecule has 0 heterocycles. The van der Waals surface area contributed by atoms with Gasteiger partial charge in [-0.2, -0.15) is 0 Å². The normalized spacial score (nSPS) is 12.8. The predicted octanol–water partition coefficient (Wildman–Crippen LogP) is 1.99. The summed E-state index contributed by atoms with van der Waals surface area (Å²) in [4.78, 5) is 22.7. The van der Waals surface area contributed by atoms with E-state index in [0.29, 0.717) is 19.6 Å². The van der Waals surface area contributed by atoms with E-state index in [1.165, 1.54) is 0 Å². The number of aliphatic carboxylic acids is 1. The van der Waals surface area contributed by atoms with Gasteiger partial charge in [0.05, 0.1) is 0 Å². The van der Waals surface area contributed by atoms with Crippen LogP contribution in [0.2, 0.25) is 0 Å². The van der Waals surface area contributed by atoms with Crippen molar-refractivity contribution in [2.24, 2.45) is 5.41 Å². The van der Waals surface area contributed by atoms with E-state index in [1.807, 2.05) is 0 Å². The van der Waals surface area contributed by atoms with Crippen molar-refractivity contribution in [3.63, 3.8) is 0 Å². The second kappa shape index (κ2) is 9.58. The Morgan fingerprint density at radius 3 is 2.30 bits per heavy atom. The number of hydrogen-bond donors (Lipinski definition) is 3. The Bertz CT molecular complexity index is 300. The predicted molar refractivity (Wildman–Crippen MR) is 77.8 cm³/mol. The molecule has 1 atom stereocenters. The maximum atomic E-state index is 11.6. The topological polar surface area (TPSA) is 87.7 Å². The van der Waals surface area contributed by atoms with Gasteiger partial charge in [-0.05, 0) is 18.3 Å². The number of carbonyl (C=O) groups excluding carboxylic acids is 1. The third kappa shape index (κ3) is 8.74. The van der Waals surface area contributed by atoms with Crippen LogP contribution >= 0.6 is 0 Å². The Hall–Kier alpha value is -1.30. The highest BCUT2D eigenvalue weighted by atomic mass is 16.5. The number of rotatable bonds is 9. The quantitative estimate of drug-likeness (QED) is 0.566. The molecular formula is C14H28N2O4. The molecule has 0 bridgehead atoms. The summed E-state index contributed by atoms with van der Waals surface area (Å²) in [6, 6.07) is -1.37. The smallest absolute Gasteiger partial charge is 0.326 e. The van der Waals surface area contributed by atoms with Gasteiger partial charge in [0.15, 0.2) is 0 Å². The van der Waals surface area contributed by atoms with Gasteiger partial charge < -0.3 is 20.5 Å². The minimum atomic E-state index is -1.03. The minimum absolute atomic E-state index is 0.458. The number of carboxylic acid groups (broad SMARTS) is 1. The zero-order valence-corrected chi connectivity index (χ0v) is 13.0. The molecule has 0 aliphatic carbocycles. The first-order valence-corrected chi connectivity index (χ1v) is 7.14. The minimum Gasteiger partial charge on any atom is -0.480 e. The van der Waals surface area contributed by atoms with Crippen LogP contribution in [0.3, 0.4) is 0 Å². The van der Waals surface area contributed by atoms with Crippen LogP contribution in [0.15, 0.2) is 0 Å². The zero-order chi connectivity index (χ0) is 15.6. The number of urea groups is 1. The van der Waals surface area contributed by atoms with Gasteiger partial charge in [-0.25, -0.2) is 9.59 Å². The second-order valence-electron chi connectivity index (χ2n) is 5.86. The maximum Gasteiger partial charge on any atom is 0.326 e. The molecule has 6 nitrogen and oxygen atoms in total. The molecule has 0 spiro atoms. The van der Waals surface area contributed by atoms with E-state index in [-0.39, 0.29) is 0 Å². The van der Waals surface area contributed by atoms with Crippen LogP contribution in [0.1, 0.15) is 47.0 Å². The molecule has 0 aliphatic heterocycles. The van der Waals surface area contributed by atoms with Crippen molar-refractivity contribution < 1.29 is 19.4 Å².